The van der Waals surface area contributed by atoms with E-state index in [0.29, 0.717) is 6.42 Å². The predicted octanol–water partition coefficient (Wildman–Crippen LogP) is 4.87. The van der Waals surface area contributed by atoms with Crippen molar-refractivity contribution in [1.82, 2.24) is 4.90 Å². The van der Waals surface area contributed by atoms with Crippen molar-refractivity contribution in [2.45, 2.75) is 25.7 Å². The van der Waals surface area contributed by atoms with E-state index in [0.717, 1.165) is 32.5 Å². The van der Waals surface area contributed by atoms with Crippen LogP contribution in [-0.4, -0.2) is 35.6 Å². The van der Waals surface area contributed by atoms with E-state index in [9.17, 15) is 4.79 Å². The fourth-order valence-corrected chi connectivity index (χ4v) is 3.58. The van der Waals surface area contributed by atoms with Crippen LogP contribution in [0, 0.1) is 0 Å². The molecule has 0 saturated carbocycles. The molecule has 0 amide bonds. The van der Waals surface area contributed by atoms with E-state index in [1.165, 1.54) is 22.3 Å². The Morgan fingerprint density at radius 3 is 2.08 bits per heavy atom. The van der Waals surface area contributed by atoms with Crippen LogP contribution in [0.3, 0.4) is 0 Å². The third-order valence-corrected chi connectivity index (χ3v) is 4.71. The van der Waals surface area contributed by atoms with Crippen LogP contribution in [0.1, 0.15) is 36.8 Å². The molecule has 3 rings (SSSR count). The van der Waals surface area contributed by atoms with E-state index >= 15 is 0 Å². The van der Waals surface area contributed by atoms with Gasteiger partial charge in [-0.15, -0.1) is 12.4 Å². The smallest absolute Gasteiger partial charge is 0.303 e. The first-order valence-electron chi connectivity index (χ1n) is 9.01. The minimum Gasteiger partial charge on any atom is -0.481 e. The molecule has 1 heterocycles. The predicted molar refractivity (Wildman–Crippen MR) is 109 cm³/mol. The van der Waals surface area contributed by atoms with Crippen molar-refractivity contribution >= 4 is 23.9 Å². The standard InChI is InChI=1S/C22H25NO2.ClH/c24-21(25)14-8-16-23-15-7-13-20(17-23)22(18-9-3-1-4-10-18)19-11-5-2-6-12-19;/h1-6,9-12H,7-8,13-17H2,(H,24,25);1H. The number of halogens is 1. The molecule has 0 spiro atoms. The van der Waals surface area contributed by atoms with Gasteiger partial charge in [0.25, 0.3) is 0 Å². The van der Waals surface area contributed by atoms with Crippen molar-refractivity contribution in [1.29, 1.82) is 0 Å². The summed E-state index contributed by atoms with van der Waals surface area (Å²) in [5.41, 5.74) is 5.32. The second-order valence-corrected chi connectivity index (χ2v) is 6.59. The first kappa shape index (κ1) is 20.2. The summed E-state index contributed by atoms with van der Waals surface area (Å²) in [6.07, 6.45) is 3.20. The Hall–Kier alpha value is -2.10. The van der Waals surface area contributed by atoms with Gasteiger partial charge < -0.3 is 5.11 Å². The maximum absolute atomic E-state index is 10.8. The maximum Gasteiger partial charge on any atom is 0.303 e. The van der Waals surface area contributed by atoms with Crippen LogP contribution in [0.5, 0.6) is 0 Å². The number of carboxylic acids is 1. The number of likely N-dealkylation sites (tertiary alicyclic amines) is 1. The van der Waals surface area contributed by atoms with Gasteiger partial charge >= 0.3 is 5.97 Å². The zero-order valence-corrected chi connectivity index (χ0v) is 15.8. The normalized spacial score (nSPS) is 14.5. The molecule has 1 N–H and O–H groups in total. The second-order valence-electron chi connectivity index (χ2n) is 6.59. The average molecular weight is 372 g/mol. The van der Waals surface area contributed by atoms with E-state index in [1.54, 1.807) is 0 Å². The molecule has 0 aromatic heterocycles. The Labute approximate surface area is 161 Å². The number of nitrogens with zero attached hydrogens (tertiary/aromatic N) is 1. The van der Waals surface area contributed by atoms with E-state index in [1.807, 2.05) is 0 Å². The molecule has 1 saturated heterocycles. The van der Waals surface area contributed by atoms with Crippen molar-refractivity contribution in [3.63, 3.8) is 0 Å². The molecule has 3 nitrogen and oxygen atoms in total. The second kappa shape index (κ2) is 10.1. The van der Waals surface area contributed by atoms with Crippen LogP contribution >= 0.6 is 12.4 Å². The van der Waals surface area contributed by atoms with Gasteiger partial charge in [-0.2, -0.15) is 0 Å². The van der Waals surface area contributed by atoms with Gasteiger partial charge in [0, 0.05) is 13.0 Å². The van der Waals surface area contributed by atoms with Gasteiger partial charge in [-0.1, -0.05) is 60.7 Å². The monoisotopic (exact) mass is 371 g/mol. The van der Waals surface area contributed by atoms with E-state index < -0.39 is 5.97 Å². The Morgan fingerprint density at radius 1 is 0.962 bits per heavy atom. The molecule has 0 atom stereocenters. The largest absolute Gasteiger partial charge is 0.481 e. The fourth-order valence-electron chi connectivity index (χ4n) is 3.58. The van der Waals surface area contributed by atoms with Crippen LogP contribution in [0.15, 0.2) is 66.2 Å². The average Bonchev–Trinajstić information content (AvgIpc) is 2.64. The molecule has 4 heteroatoms. The molecule has 1 aliphatic heterocycles. The summed E-state index contributed by atoms with van der Waals surface area (Å²) < 4.78 is 0. The molecule has 1 fully saturated rings. The number of rotatable bonds is 6. The van der Waals surface area contributed by atoms with Gasteiger partial charge in [0.05, 0.1) is 0 Å². The number of hydrogen-bond donors (Lipinski definition) is 1. The van der Waals surface area contributed by atoms with E-state index in [4.69, 9.17) is 5.11 Å². The van der Waals surface area contributed by atoms with Crippen LogP contribution in [-0.2, 0) is 4.79 Å². The first-order valence-corrected chi connectivity index (χ1v) is 9.01. The first-order chi connectivity index (χ1) is 12.2. The molecule has 1 aliphatic rings. The lowest BCUT2D eigenvalue weighted by Crippen LogP contribution is -2.32. The van der Waals surface area contributed by atoms with Gasteiger partial charge in [-0.3, -0.25) is 9.69 Å². The van der Waals surface area contributed by atoms with Gasteiger partial charge in [0.15, 0.2) is 0 Å². The summed E-state index contributed by atoms with van der Waals surface area (Å²) in [5, 5.41) is 8.85. The molecule has 2 aromatic carbocycles. The summed E-state index contributed by atoms with van der Waals surface area (Å²) in [7, 11) is 0. The summed E-state index contributed by atoms with van der Waals surface area (Å²) >= 11 is 0. The molecule has 0 bridgehead atoms. The van der Waals surface area contributed by atoms with Crippen molar-refractivity contribution in [2.24, 2.45) is 0 Å². The third kappa shape index (κ3) is 5.45. The summed E-state index contributed by atoms with van der Waals surface area (Å²) in [4.78, 5) is 13.2. The highest BCUT2D eigenvalue weighted by Crippen LogP contribution is 2.31. The lowest BCUT2D eigenvalue weighted by Gasteiger charge is -2.30. The van der Waals surface area contributed by atoms with Crippen molar-refractivity contribution in [2.75, 3.05) is 19.6 Å². The van der Waals surface area contributed by atoms with Crippen LogP contribution in [0.2, 0.25) is 0 Å². The van der Waals surface area contributed by atoms with Crippen molar-refractivity contribution in [3.8, 4) is 0 Å². The van der Waals surface area contributed by atoms with Crippen molar-refractivity contribution < 1.29 is 9.90 Å². The van der Waals surface area contributed by atoms with Crippen molar-refractivity contribution in [3.05, 3.63) is 77.4 Å². The van der Waals surface area contributed by atoms with Crippen LogP contribution in [0.4, 0.5) is 0 Å². The Balaban J connectivity index is 0.00000243. The Kier molecular flexibility index (Phi) is 7.89. The number of aliphatic carboxylic acids is 1. The Bertz CT molecular complexity index is 687. The Morgan fingerprint density at radius 2 is 1.54 bits per heavy atom. The zero-order chi connectivity index (χ0) is 17.5. The molecule has 0 radical (unpaired) electrons. The highest BCUT2D eigenvalue weighted by molar-refractivity contribution is 5.85. The molecular weight excluding hydrogens is 346 g/mol. The van der Waals surface area contributed by atoms with Gasteiger partial charge in [-0.25, -0.2) is 0 Å². The van der Waals surface area contributed by atoms with Gasteiger partial charge in [-0.05, 0) is 54.6 Å². The van der Waals surface area contributed by atoms with E-state index in [2.05, 4.69) is 65.6 Å². The molecule has 0 aliphatic carbocycles. The number of benzene rings is 2. The summed E-state index contributed by atoms with van der Waals surface area (Å²) in [5.74, 6) is -0.706. The minimum absolute atomic E-state index is 0. The van der Waals surface area contributed by atoms with Crippen LogP contribution in [0.25, 0.3) is 5.57 Å². The molecule has 26 heavy (non-hydrogen) atoms. The molecular formula is C22H26ClNO2. The molecule has 0 unspecified atom stereocenters. The number of hydrogen-bond acceptors (Lipinski definition) is 2. The lowest BCUT2D eigenvalue weighted by atomic mass is 9.89. The summed E-state index contributed by atoms with van der Waals surface area (Å²) in [6, 6.07) is 21.2. The molecule has 138 valence electrons. The zero-order valence-electron chi connectivity index (χ0n) is 14.9. The fraction of sp³-hybridized carbons (Fsp3) is 0.318. The quantitative estimate of drug-likeness (QED) is 0.787. The van der Waals surface area contributed by atoms with Crippen LogP contribution < -0.4 is 0 Å². The van der Waals surface area contributed by atoms with Gasteiger partial charge in [0.1, 0.15) is 0 Å². The number of carbonyl (C=O) groups is 1. The van der Waals surface area contributed by atoms with E-state index in [-0.39, 0.29) is 18.8 Å². The highest BCUT2D eigenvalue weighted by Gasteiger charge is 2.19. The third-order valence-electron chi connectivity index (χ3n) is 4.71. The number of piperidine rings is 1. The lowest BCUT2D eigenvalue weighted by molar-refractivity contribution is -0.137. The molecule has 2 aromatic rings. The van der Waals surface area contributed by atoms with Gasteiger partial charge in [0.2, 0.25) is 0 Å². The minimum atomic E-state index is -0.706. The topological polar surface area (TPSA) is 40.5 Å². The highest BCUT2D eigenvalue weighted by atomic mass is 35.5. The number of carboxylic acid groups (broad SMARTS) is 1. The SMILES string of the molecule is Cl.O=C(O)CCCN1CCCC(=C(c2ccccc2)c2ccccc2)C1. The maximum atomic E-state index is 10.8. The summed E-state index contributed by atoms with van der Waals surface area (Å²) in [6.45, 7) is 2.84.